The van der Waals surface area contributed by atoms with Crippen molar-refractivity contribution in [3.63, 3.8) is 0 Å². The molecule has 42 heavy (non-hydrogen) atoms. The highest BCUT2D eigenvalue weighted by molar-refractivity contribution is 7.89. The average Bonchev–Trinajstić information content (AvgIpc) is 3.62. The molecule has 4 aromatic rings. The van der Waals surface area contributed by atoms with Crippen LogP contribution in [0, 0.1) is 11.2 Å². The predicted molar refractivity (Wildman–Crippen MR) is 142 cm³/mol. The number of piperidine rings is 1. The molecule has 14 heteroatoms. The van der Waals surface area contributed by atoms with Crippen LogP contribution in [0.25, 0.3) is 11.8 Å². The second-order valence-electron chi connectivity index (χ2n) is 10.2. The van der Waals surface area contributed by atoms with Gasteiger partial charge in [-0.3, -0.25) is 14.5 Å². The van der Waals surface area contributed by atoms with Crippen LogP contribution < -0.4 is 0 Å². The summed E-state index contributed by atoms with van der Waals surface area (Å²) in [6.07, 6.45) is 0.972. The number of rotatable bonds is 6. The zero-order valence-electron chi connectivity index (χ0n) is 22.2. The molecular formula is C28H24F4N6O3S. The molecule has 6 rings (SSSR count). The Bertz CT molecular complexity index is 1830. The van der Waals surface area contributed by atoms with E-state index < -0.39 is 44.5 Å². The van der Waals surface area contributed by atoms with Crippen LogP contribution in [0.5, 0.6) is 0 Å². The number of carbonyl (C=O) groups is 1. The Morgan fingerprint density at radius 1 is 1.07 bits per heavy atom. The van der Waals surface area contributed by atoms with Crippen LogP contribution in [0.4, 0.5) is 17.6 Å². The van der Waals surface area contributed by atoms with Gasteiger partial charge in [0.2, 0.25) is 0 Å². The number of aryl methyl sites for hydroxylation is 1. The van der Waals surface area contributed by atoms with Crippen molar-refractivity contribution >= 4 is 21.9 Å². The number of sulfonamides is 1. The van der Waals surface area contributed by atoms with Gasteiger partial charge >= 0.3 is 6.18 Å². The average molecular weight is 601 g/mol. The van der Waals surface area contributed by atoms with E-state index in [9.17, 15) is 30.8 Å². The molecule has 2 aliphatic rings. The molecule has 1 atom stereocenters. The number of hydrogen-bond donors (Lipinski definition) is 0. The third kappa shape index (κ3) is 4.54. The third-order valence-corrected chi connectivity index (χ3v) is 9.65. The largest absolute Gasteiger partial charge is 0.416 e. The van der Waals surface area contributed by atoms with Crippen molar-refractivity contribution in [1.29, 1.82) is 0 Å². The van der Waals surface area contributed by atoms with Crippen molar-refractivity contribution < 1.29 is 30.8 Å². The van der Waals surface area contributed by atoms with Gasteiger partial charge in [0, 0.05) is 25.8 Å². The Morgan fingerprint density at radius 3 is 2.55 bits per heavy atom. The van der Waals surface area contributed by atoms with Gasteiger partial charge in [0.25, 0.3) is 10.0 Å². The van der Waals surface area contributed by atoms with Crippen molar-refractivity contribution in [2.24, 2.45) is 5.41 Å². The normalized spacial score (nSPS) is 19.2. The summed E-state index contributed by atoms with van der Waals surface area (Å²) in [6, 6.07) is 8.53. The van der Waals surface area contributed by atoms with Crippen LogP contribution in [-0.2, 0) is 29.2 Å². The molecule has 4 heterocycles. The lowest BCUT2D eigenvalue weighted by atomic mass is 9.65. The fourth-order valence-electron chi connectivity index (χ4n) is 5.69. The minimum atomic E-state index is -4.70. The maximum atomic E-state index is 14.3. The molecule has 0 amide bonds. The van der Waals surface area contributed by atoms with E-state index in [-0.39, 0.29) is 31.0 Å². The minimum absolute atomic E-state index is 0.0226. The van der Waals surface area contributed by atoms with Crippen LogP contribution in [0.15, 0.2) is 71.7 Å². The number of nitrogens with zero attached hydrogens (tertiary/aromatic N) is 6. The maximum absolute atomic E-state index is 14.3. The molecule has 1 fully saturated rings. The van der Waals surface area contributed by atoms with Crippen LogP contribution in [0.1, 0.15) is 40.7 Å². The molecule has 1 saturated heterocycles. The summed E-state index contributed by atoms with van der Waals surface area (Å²) in [5, 5.41) is 8.44. The summed E-state index contributed by atoms with van der Waals surface area (Å²) >= 11 is 0. The maximum Gasteiger partial charge on any atom is 0.416 e. The Balaban J connectivity index is 1.47. The quantitative estimate of drug-likeness (QED) is 0.238. The van der Waals surface area contributed by atoms with Crippen molar-refractivity contribution in [3.8, 4) is 5.69 Å². The first kappa shape index (κ1) is 28.0. The molecule has 1 aliphatic heterocycles. The van der Waals surface area contributed by atoms with Crippen LogP contribution in [0.2, 0.25) is 0 Å². The summed E-state index contributed by atoms with van der Waals surface area (Å²) in [6.45, 7) is 1.77. The highest BCUT2D eigenvalue weighted by Crippen LogP contribution is 2.47. The Hall–Kier alpha value is -4.17. The lowest BCUT2D eigenvalue weighted by Gasteiger charge is -2.44. The molecule has 0 radical (unpaired) electrons. The molecule has 3 aromatic heterocycles. The van der Waals surface area contributed by atoms with Crippen LogP contribution >= 0.6 is 0 Å². The summed E-state index contributed by atoms with van der Waals surface area (Å²) in [4.78, 5) is 18.2. The van der Waals surface area contributed by atoms with Gasteiger partial charge in [-0.05, 0) is 73.9 Å². The molecule has 0 saturated carbocycles. The van der Waals surface area contributed by atoms with E-state index in [1.807, 2.05) is 0 Å². The van der Waals surface area contributed by atoms with E-state index in [0.29, 0.717) is 35.1 Å². The molecule has 1 aliphatic carbocycles. The molecule has 0 N–H and O–H groups in total. The minimum Gasteiger partial charge on any atom is -0.291 e. The molecule has 9 nitrogen and oxygen atoms in total. The predicted octanol–water partition coefficient (Wildman–Crippen LogP) is 4.55. The standard InChI is InChI=1S/C28H24F4N6O3S/c1-2-37-25(8-11-34-37)42(40,41)36-12-9-19-14-24-18(16-35-38(24)22-5-3-21(29)4-6-22)15-27(19,17-36)26(39)23-13-20(7-10-33-23)28(30,31)32/h3-8,10-11,13-14,16H,2,9,12,15,17H2,1H3. The fourth-order valence-corrected chi connectivity index (χ4v) is 7.36. The van der Waals surface area contributed by atoms with Crippen molar-refractivity contribution in [2.45, 2.75) is 37.5 Å². The van der Waals surface area contributed by atoms with E-state index in [1.165, 1.54) is 39.6 Å². The smallest absolute Gasteiger partial charge is 0.291 e. The number of benzene rings is 1. The second kappa shape index (κ2) is 9.98. The number of ketones is 1. The Labute approximate surface area is 238 Å². The Morgan fingerprint density at radius 2 is 1.83 bits per heavy atom. The number of alkyl halides is 3. The number of aromatic nitrogens is 5. The number of Topliss-reactive ketones (excluding diaryl/α,β-unsaturated/α-hetero) is 1. The van der Waals surface area contributed by atoms with Crippen molar-refractivity contribution in [1.82, 2.24) is 28.9 Å². The summed E-state index contributed by atoms with van der Waals surface area (Å²) in [5.74, 6) is -1.14. The van der Waals surface area contributed by atoms with E-state index in [4.69, 9.17) is 0 Å². The van der Waals surface area contributed by atoms with Crippen LogP contribution in [-0.4, -0.2) is 56.1 Å². The number of fused-ring (bicyclic) bond motifs is 2. The van der Waals surface area contributed by atoms with E-state index in [1.54, 1.807) is 29.8 Å². The van der Waals surface area contributed by atoms with Gasteiger partial charge in [-0.25, -0.2) is 17.5 Å². The van der Waals surface area contributed by atoms with Crippen LogP contribution in [0.3, 0.4) is 0 Å². The van der Waals surface area contributed by atoms with Crippen molar-refractivity contribution in [3.05, 3.63) is 95.0 Å². The fraction of sp³-hybridized carbons (Fsp3) is 0.286. The first-order valence-electron chi connectivity index (χ1n) is 13.1. The zero-order valence-corrected chi connectivity index (χ0v) is 23.0. The summed E-state index contributed by atoms with van der Waals surface area (Å²) < 4.78 is 85.9. The van der Waals surface area contributed by atoms with Gasteiger partial charge in [0.15, 0.2) is 10.8 Å². The van der Waals surface area contributed by atoms with Gasteiger partial charge in [0.1, 0.15) is 11.5 Å². The first-order chi connectivity index (χ1) is 19.9. The lowest BCUT2D eigenvalue weighted by molar-refractivity contribution is -0.137. The molecular weight excluding hydrogens is 576 g/mol. The second-order valence-corrected chi connectivity index (χ2v) is 12.1. The lowest BCUT2D eigenvalue weighted by Crippen LogP contribution is -2.53. The highest BCUT2D eigenvalue weighted by atomic mass is 32.2. The SMILES string of the molecule is CCn1nccc1S(=O)(=O)N1CCC2=Cc3c(cnn3-c3ccc(F)cc3)CC2(C(=O)c2cc(C(F)(F)F)ccn2)C1. The monoisotopic (exact) mass is 600 g/mol. The number of carbonyl (C=O) groups excluding carboxylic acids is 1. The third-order valence-electron chi connectivity index (χ3n) is 7.79. The number of pyridine rings is 1. The Kier molecular flexibility index (Phi) is 6.65. The highest BCUT2D eigenvalue weighted by Gasteiger charge is 2.52. The van der Waals surface area contributed by atoms with Gasteiger partial charge in [-0.2, -0.15) is 27.7 Å². The van der Waals surface area contributed by atoms with Gasteiger partial charge in [-0.15, -0.1) is 0 Å². The summed E-state index contributed by atoms with van der Waals surface area (Å²) in [7, 11) is -4.12. The molecule has 1 unspecified atom stereocenters. The number of hydrogen-bond acceptors (Lipinski definition) is 6. The molecule has 0 spiro atoms. The van der Waals surface area contributed by atoms with E-state index >= 15 is 0 Å². The topological polar surface area (TPSA) is 103 Å². The van der Waals surface area contributed by atoms with Crippen molar-refractivity contribution in [2.75, 3.05) is 13.1 Å². The van der Waals surface area contributed by atoms with E-state index in [2.05, 4.69) is 15.2 Å². The molecule has 1 aromatic carbocycles. The molecule has 218 valence electrons. The zero-order chi connectivity index (χ0) is 29.9. The number of halogens is 4. The van der Waals surface area contributed by atoms with Gasteiger partial charge in [-0.1, -0.05) is 5.57 Å². The van der Waals surface area contributed by atoms with Gasteiger partial charge < -0.3 is 0 Å². The summed E-state index contributed by atoms with van der Waals surface area (Å²) in [5.41, 5.74) is -0.653. The van der Waals surface area contributed by atoms with E-state index in [0.717, 1.165) is 12.3 Å². The van der Waals surface area contributed by atoms with Gasteiger partial charge in [0.05, 0.1) is 34.8 Å². The molecule has 0 bridgehead atoms. The first-order valence-corrected chi connectivity index (χ1v) is 14.5.